The summed E-state index contributed by atoms with van der Waals surface area (Å²) in [7, 11) is -0.651. The van der Waals surface area contributed by atoms with Crippen molar-refractivity contribution in [2.75, 3.05) is 0 Å². The fourth-order valence-corrected chi connectivity index (χ4v) is 4.79. The van der Waals surface area contributed by atoms with Crippen LogP contribution in [-0.2, 0) is 18.6 Å². The van der Waals surface area contributed by atoms with Crippen molar-refractivity contribution in [2.45, 2.75) is 118 Å². The monoisotopic (exact) mass is 454 g/mol. The summed E-state index contributed by atoms with van der Waals surface area (Å²) in [4.78, 5) is 0. The molecule has 2 heterocycles. The fourth-order valence-electron chi connectivity index (χ4n) is 4.79. The van der Waals surface area contributed by atoms with Gasteiger partial charge in [-0.15, -0.1) is 0 Å². The van der Waals surface area contributed by atoms with Gasteiger partial charge < -0.3 is 18.6 Å². The van der Waals surface area contributed by atoms with Crippen LogP contribution in [0.3, 0.4) is 0 Å². The number of hydrogen-bond donors (Lipinski definition) is 0. The molecule has 3 rings (SSSR count). The highest BCUT2D eigenvalue weighted by atomic mass is 16.7. The van der Waals surface area contributed by atoms with Crippen LogP contribution in [0.25, 0.3) is 0 Å². The Labute approximate surface area is 203 Å². The van der Waals surface area contributed by atoms with Crippen molar-refractivity contribution in [1.29, 1.82) is 0 Å². The summed E-state index contributed by atoms with van der Waals surface area (Å²) < 4.78 is 25.2. The van der Waals surface area contributed by atoms with Gasteiger partial charge in [0.2, 0.25) is 0 Å². The molecule has 6 heteroatoms. The van der Waals surface area contributed by atoms with Crippen LogP contribution in [-0.4, -0.2) is 36.6 Å². The average Bonchev–Trinajstić information content (AvgIpc) is 3.22. The Morgan fingerprint density at radius 2 is 0.909 bits per heavy atom. The highest BCUT2D eigenvalue weighted by Gasteiger charge is 2.53. The molecule has 2 fully saturated rings. The van der Waals surface area contributed by atoms with E-state index in [2.05, 4.69) is 107 Å². The standard InChI is InChI=1S/C27H44B2O4/c1-13-27(14-2)21(17-19(3)28-30-23(5,6)24(7,8)31-28)15-16-22(27)18-20(4)29-32-25(9,10)26(11,12)33-29/h15-18H,13-14H2,1-12H3/b19-17+,20-18+. The molecule has 0 atom stereocenters. The van der Waals surface area contributed by atoms with E-state index in [0.29, 0.717) is 0 Å². The van der Waals surface area contributed by atoms with Crippen molar-refractivity contribution in [3.05, 3.63) is 46.4 Å². The second-order valence-corrected chi connectivity index (χ2v) is 12.0. The molecule has 0 aromatic heterocycles. The lowest BCUT2D eigenvalue weighted by Gasteiger charge is -2.32. The van der Waals surface area contributed by atoms with Crippen LogP contribution in [0.1, 0.15) is 95.9 Å². The van der Waals surface area contributed by atoms with Gasteiger partial charge in [0.1, 0.15) is 0 Å². The van der Waals surface area contributed by atoms with Gasteiger partial charge >= 0.3 is 14.2 Å². The molecule has 0 saturated carbocycles. The van der Waals surface area contributed by atoms with Crippen molar-refractivity contribution < 1.29 is 18.6 Å². The van der Waals surface area contributed by atoms with Gasteiger partial charge in [0.05, 0.1) is 22.4 Å². The predicted molar refractivity (Wildman–Crippen MR) is 139 cm³/mol. The zero-order valence-corrected chi connectivity index (χ0v) is 23.0. The molecule has 0 bridgehead atoms. The molecule has 0 aromatic carbocycles. The zero-order valence-electron chi connectivity index (χ0n) is 23.0. The van der Waals surface area contributed by atoms with Crippen LogP contribution >= 0.6 is 0 Å². The van der Waals surface area contributed by atoms with E-state index in [1.54, 1.807) is 0 Å². The van der Waals surface area contributed by atoms with Gasteiger partial charge in [0.15, 0.2) is 0 Å². The minimum Gasteiger partial charge on any atom is -0.400 e. The molecule has 1 aliphatic carbocycles. The maximum atomic E-state index is 6.29. The van der Waals surface area contributed by atoms with E-state index >= 15 is 0 Å². The number of allylic oxidation sites excluding steroid dienone is 8. The summed E-state index contributed by atoms with van der Waals surface area (Å²) in [6.45, 7) is 25.5. The second kappa shape index (κ2) is 8.55. The summed E-state index contributed by atoms with van der Waals surface area (Å²) in [6, 6.07) is 0. The molecule has 0 radical (unpaired) electrons. The smallest absolute Gasteiger partial charge is 0.400 e. The van der Waals surface area contributed by atoms with Gasteiger partial charge in [-0.3, -0.25) is 0 Å². The van der Waals surface area contributed by atoms with E-state index in [1.165, 1.54) is 11.1 Å². The first-order valence-electron chi connectivity index (χ1n) is 12.5. The first-order chi connectivity index (χ1) is 15.0. The molecule has 2 saturated heterocycles. The molecule has 4 nitrogen and oxygen atoms in total. The molecule has 0 amide bonds. The Morgan fingerprint density at radius 3 is 1.15 bits per heavy atom. The molecule has 182 valence electrons. The summed E-state index contributed by atoms with van der Waals surface area (Å²) >= 11 is 0. The van der Waals surface area contributed by atoms with E-state index < -0.39 is 0 Å². The van der Waals surface area contributed by atoms with Crippen molar-refractivity contribution in [3.8, 4) is 0 Å². The molecule has 3 aliphatic rings. The molecule has 33 heavy (non-hydrogen) atoms. The topological polar surface area (TPSA) is 36.9 Å². The Hall–Kier alpha value is -1.07. The summed E-state index contributed by atoms with van der Waals surface area (Å²) in [5, 5.41) is 0. The lowest BCUT2D eigenvalue weighted by molar-refractivity contribution is 0.00578. The zero-order chi connectivity index (χ0) is 25.0. The minimum atomic E-state index is -0.338. The van der Waals surface area contributed by atoms with E-state index in [1.807, 2.05) is 0 Å². The largest absolute Gasteiger partial charge is 0.490 e. The Bertz CT molecular complexity index is 799. The third kappa shape index (κ3) is 4.49. The van der Waals surface area contributed by atoms with Crippen LogP contribution in [0, 0.1) is 5.41 Å². The van der Waals surface area contributed by atoms with Crippen molar-refractivity contribution >= 4 is 14.2 Å². The summed E-state index contributed by atoms with van der Waals surface area (Å²) in [5.41, 5.74) is 3.44. The number of hydrogen-bond acceptors (Lipinski definition) is 4. The molecule has 0 N–H and O–H groups in total. The van der Waals surface area contributed by atoms with Gasteiger partial charge in [-0.1, -0.05) is 38.2 Å². The van der Waals surface area contributed by atoms with Crippen molar-refractivity contribution in [3.63, 3.8) is 0 Å². The van der Waals surface area contributed by atoms with Crippen LogP contribution in [0.5, 0.6) is 0 Å². The lowest BCUT2D eigenvalue weighted by atomic mass is 9.68. The average molecular weight is 454 g/mol. The maximum Gasteiger partial charge on any atom is 0.490 e. The van der Waals surface area contributed by atoms with Gasteiger partial charge in [-0.25, -0.2) is 0 Å². The molecule has 0 spiro atoms. The predicted octanol–water partition coefficient (Wildman–Crippen LogP) is 6.81. The van der Waals surface area contributed by atoms with E-state index in [-0.39, 0.29) is 42.1 Å². The van der Waals surface area contributed by atoms with Gasteiger partial charge in [0, 0.05) is 5.41 Å². The second-order valence-electron chi connectivity index (χ2n) is 12.0. The van der Waals surface area contributed by atoms with Gasteiger partial charge in [-0.05, 0) is 104 Å². The third-order valence-corrected chi connectivity index (χ3v) is 8.77. The minimum absolute atomic E-state index is 0.0458. The third-order valence-electron chi connectivity index (χ3n) is 8.77. The first-order valence-corrected chi connectivity index (χ1v) is 12.5. The van der Waals surface area contributed by atoms with Crippen LogP contribution < -0.4 is 0 Å². The normalized spacial score (nSPS) is 27.8. The molecule has 0 aromatic rings. The lowest BCUT2D eigenvalue weighted by Crippen LogP contribution is -2.41. The maximum absolute atomic E-state index is 6.29. The molecule has 2 aliphatic heterocycles. The van der Waals surface area contributed by atoms with Gasteiger partial charge in [-0.2, -0.15) is 0 Å². The highest BCUT2D eigenvalue weighted by molar-refractivity contribution is 6.55. The molecule has 0 unspecified atom stereocenters. The SMILES string of the molecule is CCC1(CC)C(/C=C(\C)B2OC(C)(C)C(C)(C)O2)=CC=C1/C=C(\C)B1OC(C)(C)C(C)(C)O1. The Morgan fingerprint density at radius 1 is 0.636 bits per heavy atom. The molecular formula is C27H44B2O4. The number of rotatable bonds is 6. The molecular weight excluding hydrogens is 410 g/mol. The van der Waals surface area contributed by atoms with E-state index in [0.717, 1.165) is 23.8 Å². The van der Waals surface area contributed by atoms with Crippen molar-refractivity contribution in [2.24, 2.45) is 5.41 Å². The summed E-state index contributed by atoms with van der Waals surface area (Å²) in [5.74, 6) is 0. The highest BCUT2D eigenvalue weighted by Crippen LogP contribution is 2.49. The van der Waals surface area contributed by atoms with E-state index in [9.17, 15) is 0 Å². The van der Waals surface area contributed by atoms with Crippen LogP contribution in [0.15, 0.2) is 46.4 Å². The van der Waals surface area contributed by atoms with Crippen LogP contribution in [0.4, 0.5) is 0 Å². The Kier molecular flexibility index (Phi) is 6.87. The van der Waals surface area contributed by atoms with Crippen LogP contribution in [0.2, 0.25) is 0 Å². The van der Waals surface area contributed by atoms with Crippen molar-refractivity contribution in [1.82, 2.24) is 0 Å². The Balaban J connectivity index is 1.84. The fraction of sp³-hybridized carbons (Fsp3) is 0.704. The quantitative estimate of drug-likeness (QED) is 0.413. The van der Waals surface area contributed by atoms with E-state index in [4.69, 9.17) is 18.6 Å². The summed E-state index contributed by atoms with van der Waals surface area (Å²) in [6.07, 6.45) is 11.1. The van der Waals surface area contributed by atoms with Gasteiger partial charge in [0.25, 0.3) is 0 Å². The first kappa shape index (κ1) is 26.5.